The first kappa shape index (κ1) is 16.2. The molecule has 24 heavy (non-hydrogen) atoms. The van der Waals surface area contributed by atoms with Crippen LogP contribution in [0.15, 0.2) is 71.8 Å². The van der Waals surface area contributed by atoms with E-state index in [0.29, 0.717) is 17.0 Å². The van der Waals surface area contributed by atoms with Gasteiger partial charge in [0.1, 0.15) is 0 Å². The number of hydrazone groups is 1. The number of nitrogens with one attached hydrogen (secondary N) is 1. The highest BCUT2D eigenvalue weighted by atomic mass is 35.5. The average Bonchev–Trinajstić information content (AvgIpc) is 2.61. The van der Waals surface area contributed by atoms with Crippen LogP contribution in [-0.2, 0) is 0 Å². The van der Waals surface area contributed by atoms with E-state index in [2.05, 4.69) is 10.5 Å². The summed E-state index contributed by atoms with van der Waals surface area (Å²) in [4.78, 5) is 12.5. The molecule has 3 aromatic rings. The maximum Gasteiger partial charge on any atom is 0.272 e. The van der Waals surface area contributed by atoms with Gasteiger partial charge in [0.15, 0.2) is 0 Å². The molecule has 0 aliphatic rings. The lowest BCUT2D eigenvalue weighted by Gasteiger charge is -2.07. The van der Waals surface area contributed by atoms with Crippen molar-refractivity contribution >= 4 is 34.0 Å². The fourth-order valence-corrected chi connectivity index (χ4v) is 2.81. The van der Waals surface area contributed by atoms with Gasteiger partial charge in [-0.15, -0.1) is 0 Å². The fourth-order valence-electron chi connectivity index (χ4n) is 2.62. The predicted octanol–water partition coefficient (Wildman–Crippen LogP) is 5.04. The van der Waals surface area contributed by atoms with Gasteiger partial charge in [-0.05, 0) is 41.0 Å². The van der Waals surface area contributed by atoms with Crippen molar-refractivity contribution in [1.29, 1.82) is 0 Å². The summed E-state index contributed by atoms with van der Waals surface area (Å²) >= 11 is 6.03. The number of fused-ring (bicyclic) bond motifs is 1. The van der Waals surface area contributed by atoms with Gasteiger partial charge in [-0.25, -0.2) is 5.43 Å². The zero-order chi connectivity index (χ0) is 16.9. The number of benzene rings is 3. The first-order chi connectivity index (χ1) is 11.7. The molecule has 3 aromatic carbocycles. The molecule has 120 valence electrons. The second kappa shape index (κ2) is 7.28. The maximum atomic E-state index is 12.5. The molecule has 0 bridgehead atoms. The molecule has 1 amide bonds. The van der Waals surface area contributed by atoms with Crippen LogP contribution in [0.1, 0.15) is 29.3 Å². The molecule has 0 saturated carbocycles. The zero-order valence-corrected chi connectivity index (χ0v) is 14.0. The van der Waals surface area contributed by atoms with Gasteiger partial charge in [-0.3, -0.25) is 4.79 Å². The summed E-state index contributed by atoms with van der Waals surface area (Å²) < 4.78 is 0. The summed E-state index contributed by atoms with van der Waals surface area (Å²) in [6.45, 7) is 1.99. The quantitative estimate of drug-likeness (QED) is 0.526. The number of nitrogens with zero attached hydrogens (tertiary/aromatic N) is 1. The van der Waals surface area contributed by atoms with E-state index in [1.807, 2.05) is 67.6 Å². The molecular weight excluding hydrogens is 320 g/mol. The SMILES string of the molecule is CC/C(=N\NC(=O)c1cccc2ccccc12)c1cccc(Cl)c1. The highest BCUT2D eigenvalue weighted by molar-refractivity contribution is 6.31. The average molecular weight is 337 g/mol. The number of hydrogen-bond donors (Lipinski definition) is 1. The molecule has 0 atom stereocenters. The summed E-state index contributed by atoms with van der Waals surface area (Å²) in [5.41, 5.74) is 4.96. The van der Waals surface area contributed by atoms with Crippen LogP contribution in [0.5, 0.6) is 0 Å². The van der Waals surface area contributed by atoms with E-state index in [1.165, 1.54) is 0 Å². The molecule has 0 fully saturated rings. The number of halogens is 1. The lowest BCUT2D eigenvalue weighted by atomic mass is 10.0. The number of carbonyl (C=O) groups excluding carboxylic acids is 1. The van der Waals surface area contributed by atoms with E-state index in [1.54, 1.807) is 6.07 Å². The third-order valence-electron chi connectivity index (χ3n) is 3.82. The Balaban J connectivity index is 1.88. The number of rotatable bonds is 4. The molecule has 0 aromatic heterocycles. The summed E-state index contributed by atoms with van der Waals surface area (Å²) in [6.07, 6.45) is 0.691. The molecule has 0 unspecified atom stereocenters. The Morgan fingerprint density at radius 2 is 1.79 bits per heavy atom. The van der Waals surface area contributed by atoms with Gasteiger partial charge in [0.2, 0.25) is 0 Å². The van der Waals surface area contributed by atoms with E-state index in [0.717, 1.165) is 22.0 Å². The standard InChI is InChI=1S/C20H17ClN2O/c1-2-19(15-9-5-10-16(21)13-15)22-23-20(24)18-12-6-8-14-7-3-4-11-17(14)18/h3-13H,2H2,1H3,(H,23,24)/b22-19+. The monoisotopic (exact) mass is 336 g/mol. The number of amides is 1. The third kappa shape index (κ3) is 3.47. The van der Waals surface area contributed by atoms with Crippen LogP contribution in [0.4, 0.5) is 0 Å². The molecule has 4 heteroatoms. The van der Waals surface area contributed by atoms with Crippen LogP contribution in [0.3, 0.4) is 0 Å². The number of hydrogen-bond acceptors (Lipinski definition) is 2. The zero-order valence-electron chi connectivity index (χ0n) is 13.3. The van der Waals surface area contributed by atoms with E-state index in [-0.39, 0.29) is 5.91 Å². The van der Waals surface area contributed by atoms with Crippen molar-refractivity contribution in [2.24, 2.45) is 5.10 Å². The summed E-state index contributed by atoms with van der Waals surface area (Å²) in [7, 11) is 0. The van der Waals surface area contributed by atoms with Gasteiger partial charge in [-0.1, -0.05) is 67.1 Å². The van der Waals surface area contributed by atoms with Crippen LogP contribution in [0.25, 0.3) is 10.8 Å². The molecular formula is C20H17ClN2O. The van der Waals surface area contributed by atoms with Gasteiger partial charge in [-0.2, -0.15) is 5.10 Å². The van der Waals surface area contributed by atoms with E-state index in [9.17, 15) is 4.79 Å². The van der Waals surface area contributed by atoms with Crippen molar-refractivity contribution in [3.8, 4) is 0 Å². The van der Waals surface area contributed by atoms with Crippen LogP contribution < -0.4 is 5.43 Å². The first-order valence-electron chi connectivity index (χ1n) is 7.79. The molecule has 0 saturated heterocycles. The largest absolute Gasteiger partial charge is 0.272 e. The Morgan fingerprint density at radius 1 is 1.04 bits per heavy atom. The Labute approximate surface area is 146 Å². The van der Waals surface area contributed by atoms with Gasteiger partial charge >= 0.3 is 0 Å². The Kier molecular flexibility index (Phi) is 4.92. The van der Waals surface area contributed by atoms with Crippen LogP contribution >= 0.6 is 11.6 Å². The second-order valence-electron chi connectivity index (χ2n) is 5.39. The lowest BCUT2D eigenvalue weighted by Crippen LogP contribution is -2.20. The molecule has 0 spiro atoms. The molecule has 1 N–H and O–H groups in total. The van der Waals surface area contributed by atoms with E-state index >= 15 is 0 Å². The molecule has 0 aliphatic heterocycles. The first-order valence-corrected chi connectivity index (χ1v) is 8.17. The molecule has 0 radical (unpaired) electrons. The van der Waals surface area contributed by atoms with Gasteiger partial charge in [0.05, 0.1) is 5.71 Å². The Morgan fingerprint density at radius 3 is 2.58 bits per heavy atom. The Bertz CT molecular complexity index is 913. The van der Waals surface area contributed by atoms with Gasteiger partial charge < -0.3 is 0 Å². The van der Waals surface area contributed by atoms with Crippen LogP contribution in [0.2, 0.25) is 5.02 Å². The number of carbonyl (C=O) groups is 1. The third-order valence-corrected chi connectivity index (χ3v) is 4.05. The fraction of sp³-hybridized carbons (Fsp3) is 0.100. The second-order valence-corrected chi connectivity index (χ2v) is 5.83. The van der Waals surface area contributed by atoms with Crippen LogP contribution in [-0.4, -0.2) is 11.6 Å². The van der Waals surface area contributed by atoms with E-state index in [4.69, 9.17) is 11.6 Å². The van der Waals surface area contributed by atoms with Gasteiger partial charge in [0.25, 0.3) is 5.91 Å². The highest BCUT2D eigenvalue weighted by Crippen LogP contribution is 2.18. The van der Waals surface area contributed by atoms with Crippen molar-refractivity contribution in [1.82, 2.24) is 5.43 Å². The van der Waals surface area contributed by atoms with Gasteiger partial charge in [0, 0.05) is 10.6 Å². The normalized spacial score (nSPS) is 11.5. The topological polar surface area (TPSA) is 41.5 Å². The Hall–Kier alpha value is -2.65. The lowest BCUT2D eigenvalue weighted by molar-refractivity contribution is 0.0956. The van der Waals surface area contributed by atoms with Crippen molar-refractivity contribution in [3.63, 3.8) is 0 Å². The molecule has 0 aliphatic carbocycles. The van der Waals surface area contributed by atoms with Crippen molar-refractivity contribution in [2.45, 2.75) is 13.3 Å². The smallest absolute Gasteiger partial charge is 0.267 e. The van der Waals surface area contributed by atoms with Crippen LogP contribution in [0, 0.1) is 0 Å². The van der Waals surface area contributed by atoms with Crippen molar-refractivity contribution < 1.29 is 4.79 Å². The predicted molar refractivity (Wildman–Crippen MR) is 99.7 cm³/mol. The van der Waals surface area contributed by atoms with Crippen molar-refractivity contribution in [3.05, 3.63) is 82.9 Å². The molecule has 3 nitrogen and oxygen atoms in total. The molecule has 0 heterocycles. The van der Waals surface area contributed by atoms with Crippen molar-refractivity contribution in [2.75, 3.05) is 0 Å². The summed E-state index contributed by atoms with van der Waals surface area (Å²) in [5.74, 6) is -0.222. The molecule has 3 rings (SSSR count). The maximum absolute atomic E-state index is 12.5. The van der Waals surface area contributed by atoms with E-state index < -0.39 is 0 Å². The minimum atomic E-state index is -0.222. The summed E-state index contributed by atoms with van der Waals surface area (Å²) in [6, 6.07) is 20.9. The summed E-state index contributed by atoms with van der Waals surface area (Å²) in [5, 5.41) is 6.88. The highest BCUT2D eigenvalue weighted by Gasteiger charge is 2.09. The minimum Gasteiger partial charge on any atom is -0.267 e. The minimum absolute atomic E-state index is 0.222.